The number of hydrogen-bond donors (Lipinski definition) is 1. The Labute approximate surface area is 115 Å². The summed E-state index contributed by atoms with van der Waals surface area (Å²) in [6.07, 6.45) is 3.66. The largest absolute Gasteiger partial charge is 0.330 e. The second kappa shape index (κ2) is 5.72. The predicted octanol–water partition coefficient (Wildman–Crippen LogP) is 3.43. The van der Waals surface area contributed by atoms with Crippen LogP contribution in [0.3, 0.4) is 0 Å². The van der Waals surface area contributed by atoms with Crippen molar-refractivity contribution in [3.8, 4) is 0 Å². The first-order valence-electron chi connectivity index (χ1n) is 7.10. The van der Waals surface area contributed by atoms with E-state index in [0.717, 1.165) is 13.1 Å². The lowest BCUT2D eigenvalue weighted by molar-refractivity contribution is 0.116. The van der Waals surface area contributed by atoms with E-state index in [1.54, 1.807) is 10.4 Å². The van der Waals surface area contributed by atoms with E-state index in [0.29, 0.717) is 6.04 Å². The quantitative estimate of drug-likeness (QED) is 0.884. The molecule has 0 fully saturated rings. The molecule has 0 aliphatic carbocycles. The van der Waals surface area contributed by atoms with Gasteiger partial charge in [0, 0.05) is 24.0 Å². The van der Waals surface area contributed by atoms with Crippen molar-refractivity contribution >= 4 is 11.3 Å². The Morgan fingerprint density at radius 1 is 1.56 bits per heavy atom. The molecule has 0 aromatic carbocycles. The van der Waals surface area contributed by atoms with Crippen molar-refractivity contribution in [2.45, 2.75) is 46.1 Å². The fraction of sp³-hybridized carbons (Fsp3) is 0.733. The van der Waals surface area contributed by atoms with E-state index in [2.05, 4.69) is 37.1 Å². The third kappa shape index (κ3) is 2.79. The summed E-state index contributed by atoms with van der Waals surface area (Å²) >= 11 is 1.91. The lowest BCUT2D eigenvalue weighted by Gasteiger charge is -2.40. The van der Waals surface area contributed by atoms with Gasteiger partial charge in [0.2, 0.25) is 0 Å². The molecule has 2 rings (SSSR count). The highest BCUT2D eigenvalue weighted by atomic mass is 32.1. The van der Waals surface area contributed by atoms with Crippen LogP contribution in [0.25, 0.3) is 0 Å². The summed E-state index contributed by atoms with van der Waals surface area (Å²) in [6.45, 7) is 10.0. The van der Waals surface area contributed by atoms with Gasteiger partial charge in [-0.05, 0) is 48.7 Å². The van der Waals surface area contributed by atoms with Crippen molar-refractivity contribution in [3.63, 3.8) is 0 Å². The van der Waals surface area contributed by atoms with Crippen LogP contribution in [0.2, 0.25) is 0 Å². The van der Waals surface area contributed by atoms with Crippen LogP contribution in [0.1, 0.15) is 50.1 Å². The zero-order chi connectivity index (χ0) is 13.2. The minimum Gasteiger partial charge on any atom is -0.330 e. The number of rotatable bonds is 5. The first-order chi connectivity index (χ1) is 8.59. The average Bonchev–Trinajstić information content (AvgIpc) is 2.82. The van der Waals surface area contributed by atoms with Gasteiger partial charge in [-0.25, -0.2) is 0 Å². The van der Waals surface area contributed by atoms with E-state index in [9.17, 15) is 0 Å². The second-order valence-electron chi connectivity index (χ2n) is 5.96. The fourth-order valence-corrected chi connectivity index (χ4v) is 4.08. The van der Waals surface area contributed by atoms with Crippen molar-refractivity contribution < 1.29 is 0 Å². The van der Waals surface area contributed by atoms with Crippen LogP contribution in [-0.2, 0) is 6.42 Å². The molecule has 0 saturated carbocycles. The minimum atomic E-state index is 0.274. The van der Waals surface area contributed by atoms with Crippen molar-refractivity contribution in [2.75, 3.05) is 19.6 Å². The molecule has 1 aromatic rings. The smallest absolute Gasteiger partial charge is 0.0331 e. The molecular weight excluding hydrogens is 240 g/mol. The van der Waals surface area contributed by atoms with Crippen molar-refractivity contribution in [1.29, 1.82) is 0 Å². The molecule has 2 nitrogen and oxygen atoms in total. The molecule has 3 heteroatoms. The van der Waals surface area contributed by atoms with E-state index < -0.39 is 0 Å². The highest BCUT2D eigenvalue weighted by molar-refractivity contribution is 7.10. The van der Waals surface area contributed by atoms with E-state index in [-0.39, 0.29) is 5.41 Å². The van der Waals surface area contributed by atoms with Crippen LogP contribution < -0.4 is 5.73 Å². The van der Waals surface area contributed by atoms with Gasteiger partial charge in [-0.2, -0.15) is 0 Å². The maximum Gasteiger partial charge on any atom is 0.0331 e. The van der Waals surface area contributed by atoms with Gasteiger partial charge >= 0.3 is 0 Å². The Bertz CT molecular complexity index is 388. The monoisotopic (exact) mass is 266 g/mol. The minimum absolute atomic E-state index is 0.274. The lowest BCUT2D eigenvalue weighted by atomic mass is 9.84. The normalized spacial score (nSPS) is 23.7. The van der Waals surface area contributed by atoms with Crippen molar-refractivity contribution in [1.82, 2.24) is 4.90 Å². The molecule has 1 aromatic heterocycles. The average molecular weight is 266 g/mol. The third-order valence-electron chi connectivity index (χ3n) is 4.33. The van der Waals surface area contributed by atoms with Crippen LogP contribution >= 0.6 is 11.3 Å². The molecule has 2 atom stereocenters. The first kappa shape index (κ1) is 14.0. The molecule has 0 radical (unpaired) electrons. The first-order valence-corrected chi connectivity index (χ1v) is 7.98. The number of thiophene rings is 1. The Morgan fingerprint density at radius 3 is 3.00 bits per heavy atom. The van der Waals surface area contributed by atoms with Crippen molar-refractivity contribution in [2.24, 2.45) is 11.1 Å². The van der Waals surface area contributed by atoms with Gasteiger partial charge in [-0.15, -0.1) is 11.3 Å². The molecule has 18 heavy (non-hydrogen) atoms. The Morgan fingerprint density at radius 2 is 2.33 bits per heavy atom. The molecule has 2 heterocycles. The molecule has 0 saturated heterocycles. The predicted molar refractivity (Wildman–Crippen MR) is 80.1 cm³/mol. The summed E-state index contributed by atoms with van der Waals surface area (Å²) in [5.74, 6) is 0. The van der Waals surface area contributed by atoms with Crippen LogP contribution in [0.15, 0.2) is 11.4 Å². The van der Waals surface area contributed by atoms with Gasteiger partial charge in [0.05, 0.1) is 0 Å². The maximum absolute atomic E-state index is 6.01. The highest BCUT2D eigenvalue weighted by Gasteiger charge is 2.31. The zero-order valence-corrected chi connectivity index (χ0v) is 12.7. The van der Waals surface area contributed by atoms with Gasteiger partial charge < -0.3 is 5.73 Å². The van der Waals surface area contributed by atoms with Gasteiger partial charge in [0.15, 0.2) is 0 Å². The van der Waals surface area contributed by atoms with E-state index >= 15 is 0 Å². The molecule has 1 aliphatic rings. The maximum atomic E-state index is 6.01. The Balaban J connectivity index is 2.07. The van der Waals surface area contributed by atoms with Gasteiger partial charge in [-0.3, -0.25) is 4.90 Å². The molecule has 2 unspecified atom stereocenters. The summed E-state index contributed by atoms with van der Waals surface area (Å²) in [5, 5.41) is 2.23. The summed E-state index contributed by atoms with van der Waals surface area (Å²) in [5.41, 5.74) is 7.82. The molecule has 0 spiro atoms. The van der Waals surface area contributed by atoms with Gasteiger partial charge in [-0.1, -0.05) is 20.3 Å². The van der Waals surface area contributed by atoms with E-state index in [1.807, 2.05) is 11.3 Å². The van der Waals surface area contributed by atoms with Gasteiger partial charge in [0.25, 0.3) is 0 Å². The summed E-state index contributed by atoms with van der Waals surface area (Å²) in [6, 6.07) is 2.86. The standard InChI is InChI=1S/C15H26N2S/c1-4-7-15(3,10-16)11-17-8-5-14-13(12(17)2)6-9-18-14/h6,9,12H,4-5,7-8,10-11,16H2,1-3H3. The van der Waals surface area contributed by atoms with Crippen LogP contribution in [0.5, 0.6) is 0 Å². The molecule has 1 aliphatic heterocycles. The highest BCUT2D eigenvalue weighted by Crippen LogP contribution is 2.35. The topological polar surface area (TPSA) is 29.3 Å². The van der Waals surface area contributed by atoms with Crippen LogP contribution in [0, 0.1) is 5.41 Å². The Hall–Kier alpha value is -0.380. The fourth-order valence-electron chi connectivity index (χ4n) is 3.12. The number of nitrogens with two attached hydrogens (primary N) is 1. The zero-order valence-electron chi connectivity index (χ0n) is 11.9. The number of nitrogens with zero attached hydrogens (tertiary/aromatic N) is 1. The van der Waals surface area contributed by atoms with Crippen molar-refractivity contribution in [3.05, 3.63) is 21.9 Å². The lowest BCUT2D eigenvalue weighted by Crippen LogP contribution is -2.44. The Kier molecular flexibility index (Phi) is 4.46. The SMILES string of the molecule is CCCC(C)(CN)CN1CCc2sccc2C1C. The summed E-state index contributed by atoms with van der Waals surface area (Å²) < 4.78 is 0. The van der Waals surface area contributed by atoms with Crippen LogP contribution in [-0.4, -0.2) is 24.5 Å². The molecule has 0 bridgehead atoms. The van der Waals surface area contributed by atoms with E-state index in [4.69, 9.17) is 5.73 Å². The number of fused-ring (bicyclic) bond motifs is 1. The summed E-state index contributed by atoms with van der Waals surface area (Å²) in [7, 11) is 0. The second-order valence-corrected chi connectivity index (χ2v) is 6.96. The van der Waals surface area contributed by atoms with Crippen LogP contribution in [0.4, 0.5) is 0 Å². The molecule has 0 amide bonds. The molecular formula is C15H26N2S. The summed E-state index contributed by atoms with van der Waals surface area (Å²) in [4.78, 5) is 4.21. The third-order valence-corrected chi connectivity index (χ3v) is 5.33. The molecule has 2 N–H and O–H groups in total. The van der Waals surface area contributed by atoms with Gasteiger partial charge in [0.1, 0.15) is 0 Å². The molecule has 102 valence electrons. The number of hydrogen-bond acceptors (Lipinski definition) is 3. The van der Waals surface area contributed by atoms with E-state index in [1.165, 1.54) is 25.8 Å².